The van der Waals surface area contributed by atoms with Crippen LogP contribution in [0.25, 0.3) is 11.0 Å². The fourth-order valence-corrected chi connectivity index (χ4v) is 2.97. The Morgan fingerprint density at radius 2 is 1.96 bits per heavy atom. The van der Waals surface area contributed by atoms with Crippen LogP contribution in [0.15, 0.2) is 36.4 Å². The van der Waals surface area contributed by atoms with Crippen LogP contribution in [-0.4, -0.2) is 26.7 Å². The van der Waals surface area contributed by atoms with Gasteiger partial charge in [-0.3, -0.25) is 4.79 Å². The Balaban J connectivity index is 2.13. The summed E-state index contributed by atoms with van der Waals surface area (Å²) in [5, 5.41) is 8.48. The van der Waals surface area contributed by atoms with Crippen molar-refractivity contribution in [1.29, 1.82) is 0 Å². The summed E-state index contributed by atoms with van der Waals surface area (Å²) in [6.07, 6.45) is 0.771. The summed E-state index contributed by atoms with van der Waals surface area (Å²) in [5.41, 5.74) is 4.32. The Morgan fingerprint density at radius 1 is 1.24 bits per heavy atom. The number of aromatic nitrogens is 3. The van der Waals surface area contributed by atoms with Gasteiger partial charge < -0.3 is 5.32 Å². The number of carbonyl (C=O) groups is 1. The standard InChI is InChI=1S/C20H24N4O/c1-5-16-11-17(20(25)21-13(2)3)18-14(4)23-24(19(18)22-16)12-15-9-7-6-8-10-15/h6-11,13H,5,12H2,1-4H3,(H,21,25). The number of nitrogens with zero attached hydrogens (tertiary/aromatic N) is 3. The van der Waals surface area contributed by atoms with Crippen molar-refractivity contribution in [2.45, 2.75) is 46.7 Å². The molecule has 2 aromatic heterocycles. The van der Waals surface area contributed by atoms with Crippen molar-refractivity contribution in [3.8, 4) is 0 Å². The summed E-state index contributed by atoms with van der Waals surface area (Å²) in [4.78, 5) is 17.4. The lowest BCUT2D eigenvalue weighted by atomic mass is 10.1. The quantitative estimate of drug-likeness (QED) is 0.776. The second-order valence-electron chi connectivity index (χ2n) is 6.57. The van der Waals surface area contributed by atoms with E-state index in [1.165, 1.54) is 0 Å². The maximum absolute atomic E-state index is 12.7. The van der Waals surface area contributed by atoms with Crippen molar-refractivity contribution in [2.24, 2.45) is 0 Å². The van der Waals surface area contributed by atoms with Crippen molar-refractivity contribution >= 4 is 16.9 Å². The predicted molar refractivity (Wildman–Crippen MR) is 99.8 cm³/mol. The molecule has 0 aliphatic rings. The summed E-state index contributed by atoms with van der Waals surface area (Å²) < 4.78 is 1.89. The average Bonchev–Trinajstić information content (AvgIpc) is 2.90. The number of fused-ring (bicyclic) bond motifs is 1. The fourth-order valence-electron chi connectivity index (χ4n) is 2.97. The first kappa shape index (κ1) is 17.1. The van der Waals surface area contributed by atoms with Gasteiger partial charge in [0.15, 0.2) is 5.65 Å². The van der Waals surface area contributed by atoms with Crippen LogP contribution in [0.5, 0.6) is 0 Å². The van der Waals surface area contributed by atoms with E-state index in [4.69, 9.17) is 4.98 Å². The zero-order chi connectivity index (χ0) is 18.0. The smallest absolute Gasteiger partial charge is 0.252 e. The Kier molecular flexibility index (Phi) is 4.83. The minimum Gasteiger partial charge on any atom is -0.350 e. The Morgan fingerprint density at radius 3 is 2.60 bits per heavy atom. The summed E-state index contributed by atoms with van der Waals surface area (Å²) >= 11 is 0. The molecule has 3 rings (SSSR count). The highest BCUT2D eigenvalue weighted by molar-refractivity contribution is 6.06. The lowest BCUT2D eigenvalue weighted by Crippen LogP contribution is -2.30. The van der Waals surface area contributed by atoms with Gasteiger partial charge in [0.2, 0.25) is 0 Å². The second kappa shape index (κ2) is 7.05. The second-order valence-corrected chi connectivity index (χ2v) is 6.57. The molecule has 25 heavy (non-hydrogen) atoms. The minimum absolute atomic E-state index is 0.0699. The SMILES string of the molecule is CCc1cc(C(=O)NC(C)C)c2c(C)nn(Cc3ccccc3)c2n1. The van der Waals surface area contributed by atoms with E-state index >= 15 is 0 Å². The molecule has 3 aromatic rings. The third kappa shape index (κ3) is 3.55. The van der Waals surface area contributed by atoms with E-state index in [0.717, 1.165) is 34.4 Å². The normalized spacial score (nSPS) is 11.2. The number of nitrogens with one attached hydrogen (secondary N) is 1. The van der Waals surface area contributed by atoms with Gasteiger partial charge >= 0.3 is 0 Å². The predicted octanol–water partition coefficient (Wildman–Crippen LogP) is 3.49. The molecule has 0 fully saturated rings. The largest absolute Gasteiger partial charge is 0.350 e. The van der Waals surface area contributed by atoms with E-state index in [9.17, 15) is 4.79 Å². The van der Waals surface area contributed by atoms with Crippen LogP contribution >= 0.6 is 0 Å². The first-order chi connectivity index (χ1) is 12.0. The van der Waals surface area contributed by atoms with Crippen LogP contribution in [0.4, 0.5) is 0 Å². The molecule has 1 N–H and O–H groups in total. The first-order valence-electron chi connectivity index (χ1n) is 8.71. The number of hydrogen-bond acceptors (Lipinski definition) is 3. The lowest BCUT2D eigenvalue weighted by molar-refractivity contribution is 0.0944. The topological polar surface area (TPSA) is 59.8 Å². The van der Waals surface area contributed by atoms with Crippen LogP contribution < -0.4 is 5.32 Å². The van der Waals surface area contributed by atoms with Gasteiger partial charge in [0.05, 0.1) is 23.2 Å². The van der Waals surface area contributed by atoms with Crippen molar-refractivity contribution in [2.75, 3.05) is 0 Å². The van der Waals surface area contributed by atoms with Crippen LogP contribution in [0, 0.1) is 6.92 Å². The number of pyridine rings is 1. The molecule has 5 heteroatoms. The van der Waals surface area contributed by atoms with Crippen molar-refractivity contribution < 1.29 is 4.79 Å². The Hall–Kier alpha value is -2.69. The molecule has 1 aromatic carbocycles. The third-order valence-corrected chi connectivity index (χ3v) is 4.13. The van der Waals surface area contributed by atoms with Crippen LogP contribution in [-0.2, 0) is 13.0 Å². The van der Waals surface area contributed by atoms with Crippen molar-refractivity contribution in [1.82, 2.24) is 20.1 Å². The van der Waals surface area contributed by atoms with Gasteiger partial charge in [-0.05, 0) is 38.8 Å². The van der Waals surface area contributed by atoms with E-state index in [1.807, 2.05) is 56.6 Å². The van der Waals surface area contributed by atoms with Crippen LogP contribution in [0.1, 0.15) is 48.1 Å². The van der Waals surface area contributed by atoms with Gasteiger partial charge in [0.1, 0.15) is 0 Å². The van der Waals surface area contributed by atoms with Crippen LogP contribution in [0.3, 0.4) is 0 Å². The molecule has 0 saturated carbocycles. The molecule has 0 saturated heterocycles. The molecule has 0 atom stereocenters. The summed E-state index contributed by atoms with van der Waals surface area (Å²) in [5.74, 6) is -0.0699. The maximum atomic E-state index is 12.7. The molecule has 1 amide bonds. The van der Waals surface area contributed by atoms with Gasteiger partial charge in [0, 0.05) is 11.7 Å². The van der Waals surface area contributed by atoms with Crippen molar-refractivity contribution in [3.63, 3.8) is 0 Å². The van der Waals surface area contributed by atoms with Gasteiger partial charge in [-0.1, -0.05) is 37.3 Å². The number of amides is 1. The molecule has 2 heterocycles. The van der Waals surface area contributed by atoms with Crippen LogP contribution in [0.2, 0.25) is 0 Å². The molecular formula is C20H24N4O. The molecule has 0 aliphatic carbocycles. The summed E-state index contributed by atoms with van der Waals surface area (Å²) in [6, 6.07) is 12.1. The molecule has 0 radical (unpaired) electrons. The molecule has 0 aliphatic heterocycles. The van der Waals surface area contributed by atoms with Gasteiger partial charge in [-0.2, -0.15) is 5.10 Å². The zero-order valence-electron chi connectivity index (χ0n) is 15.2. The number of hydrogen-bond donors (Lipinski definition) is 1. The molecular weight excluding hydrogens is 312 g/mol. The number of rotatable bonds is 5. The lowest BCUT2D eigenvalue weighted by Gasteiger charge is -2.11. The Labute approximate surface area is 148 Å². The number of carbonyl (C=O) groups excluding carboxylic acids is 1. The van der Waals surface area contributed by atoms with E-state index in [2.05, 4.69) is 22.5 Å². The van der Waals surface area contributed by atoms with E-state index in [-0.39, 0.29) is 11.9 Å². The summed E-state index contributed by atoms with van der Waals surface area (Å²) in [7, 11) is 0. The highest BCUT2D eigenvalue weighted by atomic mass is 16.1. The molecule has 5 nitrogen and oxygen atoms in total. The van der Waals surface area contributed by atoms with Crippen molar-refractivity contribution in [3.05, 3.63) is 58.9 Å². The van der Waals surface area contributed by atoms with Gasteiger partial charge in [-0.25, -0.2) is 9.67 Å². The molecule has 0 unspecified atom stereocenters. The molecule has 0 bridgehead atoms. The number of aryl methyl sites for hydroxylation is 2. The van der Waals surface area contributed by atoms with E-state index < -0.39 is 0 Å². The highest BCUT2D eigenvalue weighted by Gasteiger charge is 2.19. The average molecular weight is 336 g/mol. The third-order valence-electron chi connectivity index (χ3n) is 4.13. The summed E-state index contributed by atoms with van der Waals surface area (Å²) in [6.45, 7) is 8.54. The van der Waals surface area contributed by atoms with E-state index in [1.54, 1.807) is 0 Å². The monoisotopic (exact) mass is 336 g/mol. The Bertz CT molecular complexity index is 897. The molecule has 130 valence electrons. The zero-order valence-corrected chi connectivity index (χ0v) is 15.2. The van der Waals surface area contributed by atoms with E-state index in [0.29, 0.717) is 12.1 Å². The fraction of sp³-hybridized carbons (Fsp3) is 0.350. The first-order valence-corrected chi connectivity index (χ1v) is 8.71. The van der Waals surface area contributed by atoms with Gasteiger partial charge in [-0.15, -0.1) is 0 Å². The number of benzene rings is 1. The van der Waals surface area contributed by atoms with Gasteiger partial charge in [0.25, 0.3) is 5.91 Å². The molecule has 0 spiro atoms. The maximum Gasteiger partial charge on any atom is 0.252 e. The minimum atomic E-state index is -0.0699. The highest BCUT2D eigenvalue weighted by Crippen LogP contribution is 2.23.